The zero-order valence-electron chi connectivity index (χ0n) is 15.9. The molecule has 0 spiro atoms. The van der Waals surface area contributed by atoms with Crippen LogP contribution in [0.25, 0.3) is 5.69 Å². The van der Waals surface area contributed by atoms with Gasteiger partial charge < -0.3 is 19.5 Å². The molecule has 0 aliphatic carbocycles. The molecule has 1 amide bonds. The number of hydrogen-bond acceptors (Lipinski definition) is 5. The van der Waals surface area contributed by atoms with E-state index in [4.69, 9.17) is 14.2 Å². The quantitative estimate of drug-likeness (QED) is 0.736. The van der Waals surface area contributed by atoms with Crippen molar-refractivity contribution in [2.45, 2.75) is 12.3 Å². The van der Waals surface area contributed by atoms with Crippen molar-refractivity contribution in [1.82, 2.24) is 9.55 Å². The van der Waals surface area contributed by atoms with Crippen LogP contribution < -0.4 is 19.5 Å². The molecular weight excluding hydrogens is 358 g/mol. The average Bonchev–Trinajstić information content (AvgIpc) is 3.16. The molecule has 1 N–H and O–H groups in total. The van der Waals surface area contributed by atoms with Gasteiger partial charge in [-0.15, -0.1) is 0 Å². The first kappa shape index (κ1) is 17.9. The number of aromatic nitrogens is 2. The normalized spacial score (nSPS) is 15.5. The molecule has 144 valence electrons. The number of imidazole rings is 1. The van der Waals surface area contributed by atoms with Crippen molar-refractivity contribution >= 4 is 11.7 Å². The van der Waals surface area contributed by atoms with Crippen LogP contribution in [0.3, 0.4) is 0 Å². The standard InChI is InChI=1S/C21H21N3O4/c1-26-14-6-4-13(5-7-14)16-11-19(25)23-21-20(16)22-12-24(21)17-10-15(27-2)8-9-18(17)28-3/h4-10,12,16H,11H2,1-3H3,(H,23,25). The minimum atomic E-state index is -0.132. The number of nitrogens with one attached hydrogen (secondary N) is 1. The van der Waals surface area contributed by atoms with Crippen LogP contribution in [0.4, 0.5) is 5.82 Å². The molecule has 0 bridgehead atoms. The first-order valence-corrected chi connectivity index (χ1v) is 8.88. The van der Waals surface area contributed by atoms with Gasteiger partial charge >= 0.3 is 0 Å². The summed E-state index contributed by atoms with van der Waals surface area (Å²) in [6, 6.07) is 13.2. The summed E-state index contributed by atoms with van der Waals surface area (Å²) in [5, 5.41) is 2.96. The highest BCUT2D eigenvalue weighted by molar-refractivity contribution is 5.94. The van der Waals surface area contributed by atoms with Crippen LogP contribution in [0.5, 0.6) is 17.2 Å². The highest BCUT2D eigenvalue weighted by Gasteiger charge is 2.31. The molecule has 7 nitrogen and oxygen atoms in total. The lowest BCUT2D eigenvalue weighted by Gasteiger charge is -2.24. The Morgan fingerprint density at radius 1 is 1.00 bits per heavy atom. The lowest BCUT2D eigenvalue weighted by atomic mass is 9.90. The van der Waals surface area contributed by atoms with E-state index in [0.29, 0.717) is 23.7 Å². The Labute approximate surface area is 162 Å². The summed E-state index contributed by atoms with van der Waals surface area (Å²) < 4.78 is 17.9. The van der Waals surface area contributed by atoms with Crippen LogP contribution in [-0.2, 0) is 4.79 Å². The van der Waals surface area contributed by atoms with Gasteiger partial charge in [0.2, 0.25) is 5.91 Å². The van der Waals surface area contributed by atoms with Gasteiger partial charge in [0, 0.05) is 18.4 Å². The van der Waals surface area contributed by atoms with Crippen molar-refractivity contribution in [3.63, 3.8) is 0 Å². The Balaban J connectivity index is 1.81. The zero-order chi connectivity index (χ0) is 19.7. The van der Waals surface area contributed by atoms with Crippen molar-refractivity contribution in [3.8, 4) is 22.9 Å². The second-order valence-corrected chi connectivity index (χ2v) is 6.46. The minimum Gasteiger partial charge on any atom is -0.497 e. The highest BCUT2D eigenvalue weighted by Crippen LogP contribution is 2.39. The number of rotatable bonds is 5. The predicted octanol–water partition coefficient (Wildman–Crippen LogP) is 3.37. The molecule has 0 saturated carbocycles. The molecule has 1 atom stereocenters. The maximum atomic E-state index is 12.5. The number of ether oxygens (including phenoxy) is 3. The van der Waals surface area contributed by atoms with Gasteiger partial charge in [-0.2, -0.15) is 0 Å². The molecule has 28 heavy (non-hydrogen) atoms. The molecule has 4 rings (SSSR count). The fraction of sp³-hybridized carbons (Fsp3) is 0.238. The highest BCUT2D eigenvalue weighted by atomic mass is 16.5. The largest absolute Gasteiger partial charge is 0.497 e. The van der Waals surface area contributed by atoms with Gasteiger partial charge in [0.05, 0.1) is 32.7 Å². The van der Waals surface area contributed by atoms with Crippen LogP contribution in [-0.4, -0.2) is 36.8 Å². The van der Waals surface area contributed by atoms with E-state index in [2.05, 4.69) is 10.3 Å². The number of hydrogen-bond donors (Lipinski definition) is 1. The molecule has 1 aliphatic heterocycles. The molecule has 3 aromatic rings. The van der Waals surface area contributed by atoms with Gasteiger partial charge in [-0.05, 0) is 29.8 Å². The third kappa shape index (κ3) is 3.05. The molecule has 2 heterocycles. The maximum Gasteiger partial charge on any atom is 0.226 e. The molecule has 2 aromatic carbocycles. The van der Waals surface area contributed by atoms with Crippen LogP contribution in [0.15, 0.2) is 48.8 Å². The first-order valence-electron chi connectivity index (χ1n) is 8.88. The Morgan fingerprint density at radius 2 is 1.71 bits per heavy atom. The van der Waals surface area contributed by atoms with Crippen molar-refractivity contribution < 1.29 is 19.0 Å². The smallest absolute Gasteiger partial charge is 0.226 e. The van der Waals surface area contributed by atoms with Crippen LogP contribution in [0.2, 0.25) is 0 Å². The Hall–Kier alpha value is -3.48. The number of amides is 1. The van der Waals surface area contributed by atoms with Gasteiger partial charge in [-0.25, -0.2) is 4.98 Å². The van der Waals surface area contributed by atoms with Gasteiger partial charge in [0.1, 0.15) is 29.4 Å². The number of fused-ring (bicyclic) bond motifs is 1. The van der Waals surface area contributed by atoms with Crippen LogP contribution in [0.1, 0.15) is 23.6 Å². The summed E-state index contributed by atoms with van der Waals surface area (Å²) in [6.07, 6.45) is 2.04. The fourth-order valence-electron chi connectivity index (χ4n) is 3.49. The summed E-state index contributed by atoms with van der Waals surface area (Å²) in [7, 11) is 4.84. The van der Waals surface area contributed by atoms with Crippen molar-refractivity contribution in [1.29, 1.82) is 0 Å². The summed E-state index contributed by atoms with van der Waals surface area (Å²) in [4.78, 5) is 17.1. The second-order valence-electron chi connectivity index (χ2n) is 6.46. The van der Waals surface area contributed by atoms with E-state index >= 15 is 0 Å². The number of anilines is 1. The summed E-state index contributed by atoms with van der Waals surface area (Å²) in [5.41, 5.74) is 2.57. The van der Waals surface area contributed by atoms with Gasteiger partial charge in [-0.3, -0.25) is 9.36 Å². The molecule has 1 aliphatic rings. The average molecular weight is 379 g/mol. The van der Waals surface area contributed by atoms with E-state index in [1.165, 1.54) is 0 Å². The fourth-order valence-corrected chi connectivity index (χ4v) is 3.49. The number of methoxy groups -OCH3 is 3. The third-order valence-electron chi connectivity index (χ3n) is 4.94. The molecule has 0 radical (unpaired) electrons. The third-order valence-corrected chi connectivity index (χ3v) is 4.94. The van der Waals surface area contributed by atoms with E-state index in [9.17, 15) is 4.79 Å². The second kappa shape index (κ2) is 7.26. The summed E-state index contributed by atoms with van der Waals surface area (Å²) in [6.45, 7) is 0. The van der Waals surface area contributed by atoms with E-state index in [1.54, 1.807) is 27.7 Å². The molecule has 0 fully saturated rings. The lowest BCUT2D eigenvalue weighted by Crippen LogP contribution is -2.25. The molecule has 1 unspecified atom stereocenters. The monoisotopic (exact) mass is 379 g/mol. The Morgan fingerprint density at radius 3 is 2.39 bits per heavy atom. The molecule has 0 saturated heterocycles. The molecule has 1 aromatic heterocycles. The summed E-state index contributed by atoms with van der Waals surface area (Å²) >= 11 is 0. The van der Waals surface area contributed by atoms with Crippen LogP contribution >= 0.6 is 0 Å². The number of benzene rings is 2. The zero-order valence-corrected chi connectivity index (χ0v) is 15.9. The SMILES string of the molecule is COc1ccc(C2CC(=O)Nc3c2ncn3-c2cc(OC)ccc2OC)cc1. The number of carbonyl (C=O) groups excluding carboxylic acids is 1. The van der Waals surface area contributed by atoms with Crippen molar-refractivity contribution in [2.24, 2.45) is 0 Å². The number of nitrogens with zero attached hydrogens (tertiary/aromatic N) is 2. The van der Waals surface area contributed by atoms with Crippen molar-refractivity contribution in [3.05, 3.63) is 60.0 Å². The van der Waals surface area contributed by atoms with Crippen molar-refractivity contribution in [2.75, 3.05) is 26.6 Å². The van der Waals surface area contributed by atoms with Crippen LogP contribution in [0, 0.1) is 0 Å². The lowest BCUT2D eigenvalue weighted by molar-refractivity contribution is -0.116. The van der Waals surface area contributed by atoms with Gasteiger partial charge in [-0.1, -0.05) is 12.1 Å². The minimum absolute atomic E-state index is 0.0584. The van der Waals surface area contributed by atoms with Gasteiger partial charge in [0.15, 0.2) is 0 Å². The van der Waals surface area contributed by atoms with E-state index < -0.39 is 0 Å². The summed E-state index contributed by atoms with van der Waals surface area (Å²) in [5.74, 6) is 2.57. The Bertz CT molecular complexity index is 1010. The van der Waals surface area contributed by atoms with E-state index in [-0.39, 0.29) is 11.8 Å². The first-order chi connectivity index (χ1) is 13.6. The molecule has 7 heteroatoms. The maximum absolute atomic E-state index is 12.5. The number of carbonyl (C=O) groups is 1. The molecular formula is C21H21N3O4. The predicted molar refractivity (Wildman–Crippen MR) is 105 cm³/mol. The van der Waals surface area contributed by atoms with Gasteiger partial charge in [0.25, 0.3) is 0 Å². The topological polar surface area (TPSA) is 74.6 Å². The van der Waals surface area contributed by atoms with E-state index in [1.807, 2.05) is 47.0 Å². The van der Waals surface area contributed by atoms with E-state index in [0.717, 1.165) is 22.7 Å². The Kier molecular flexibility index (Phi) is 4.65.